The lowest BCUT2D eigenvalue weighted by Crippen LogP contribution is -2.35. The highest BCUT2D eigenvalue weighted by Crippen LogP contribution is 2.40. The van der Waals surface area contributed by atoms with E-state index in [9.17, 15) is 5.11 Å². The Bertz CT molecular complexity index is 1220. The maximum absolute atomic E-state index is 10.7. The van der Waals surface area contributed by atoms with E-state index < -0.39 is 0 Å². The van der Waals surface area contributed by atoms with Gasteiger partial charge < -0.3 is 14.6 Å². The van der Waals surface area contributed by atoms with Crippen LogP contribution in [-0.4, -0.2) is 41.3 Å². The summed E-state index contributed by atoms with van der Waals surface area (Å²) in [6, 6.07) is 20.4. The highest BCUT2D eigenvalue weighted by molar-refractivity contribution is 7.21. The summed E-state index contributed by atoms with van der Waals surface area (Å²) in [6.45, 7) is 4.27. The predicted octanol–water partition coefficient (Wildman–Crippen LogP) is 5.50. The Morgan fingerprint density at radius 2 is 1.97 bits per heavy atom. The first-order valence-electron chi connectivity index (χ1n) is 10.8. The van der Waals surface area contributed by atoms with E-state index in [1.807, 2.05) is 36.4 Å². The first-order valence-corrected chi connectivity index (χ1v) is 11.6. The largest absolute Gasteiger partial charge is 0.504 e. The van der Waals surface area contributed by atoms with Crippen LogP contribution in [0.3, 0.4) is 0 Å². The van der Waals surface area contributed by atoms with E-state index in [0.29, 0.717) is 18.9 Å². The Kier molecular flexibility index (Phi) is 5.72. The van der Waals surface area contributed by atoms with Crippen molar-refractivity contribution < 1.29 is 14.6 Å². The molecule has 32 heavy (non-hydrogen) atoms. The highest BCUT2D eigenvalue weighted by Gasteiger charge is 2.24. The molecule has 1 N–H and O–H groups in total. The molecule has 164 valence electrons. The van der Waals surface area contributed by atoms with Crippen molar-refractivity contribution >= 4 is 21.6 Å². The van der Waals surface area contributed by atoms with Gasteiger partial charge in [0.15, 0.2) is 11.5 Å². The lowest BCUT2D eigenvalue weighted by atomic mass is 10.0. The van der Waals surface area contributed by atoms with Gasteiger partial charge in [0.05, 0.1) is 17.3 Å². The van der Waals surface area contributed by atoms with Crippen molar-refractivity contribution in [2.45, 2.75) is 25.9 Å². The monoisotopic (exact) mass is 446 g/mol. The summed E-state index contributed by atoms with van der Waals surface area (Å²) in [5.41, 5.74) is 4.08. The number of aromatic hydroxyl groups is 1. The zero-order chi connectivity index (χ0) is 22.1. The van der Waals surface area contributed by atoms with Crippen LogP contribution in [0.25, 0.3) is 20.8 Å². The van der Waals surface area contributed by atoms with E-state index in [2.05, 4.69) is 30.0 Å². The minimum atomic E-state index is 0.177. The number of hydrogen-bond acceptors (Lipinski definition) is 6. The third-order valence-electron chi connectivity index (χ3n) is 6.02. The number of nitrogens with zero attached hydrogens (tertiary/aromatic N) is 2. The molecule has 0 saturated heterocycles. The second-order valence-electron chi connectivity index (χ2n) is 8.15. The summed E-state index contributed by atoms with van der Waals surface area (Å²) in [5, 5.41) is 11.6. The minimum Gasteiger partial charge on any atom is -0.504 e. The van der Waals surface area contributed by atoms with Crippen LogP contribution in [0.4, 0.5) is 0 Å². The number of para-hydroxylation sites is 2. The van der Waals surface area contributed by atoms with Crippen LogP contribution in [0.1, 0.15) is 18.1 Å². The molecule has 3 aromatic carbocycles. The molecule has 0 saturated carbocycles. The lowest BCUT2D eigenvalue weighted by Gasteiger charge is -2.27. The van der Waals surface area contributed by atoms with E-state index in [4.69, 9.17) is 14.5 Å². The molecule has 1 unspecified atom stereocenters. The zero-order valence-electron chi connectivity index (χ0n) is 18.2. The Hall–Kier alpha value is -3.09. The molecular formula is C26H26N2O3S. The summed E-state index contributed by atoms with van der Waals surface area (Å²) in [4.78, 5) is 7.17. The molecule has 1 aliphatic rings. The summed E-state index contributed by atoms with van der Waals surface area (Å²) in [5.74, 6) is 1.68. The van der Waals surface area contributed by atoms with Gasteiger partial charge in [0.1, 0.15) is 17.4 Å². The van der Waals surface area contributed by atoms with Gasteiger partial charge in [-0.05, 0) is 49.2 Å². The molecule has 6 heteroatoms. The zero-order valence-corrected chi connectivity index (χ0v) is 19.1. The average molecular weight is 447 g/mol. The van der Waals surface area contributed by atoms with Crippen LogP contribution in [0.5, 0.6) is 17.2 Å². The Morgan fingerprint density at radius 1 is 1.16 bits per heavy atom. The van der Waals surface area contributed by atoms with E-state index in [1.165, 1.54) is 5.56 Å². The van der Waals surface area contributed by atoms with Crippen LogP contribution in [0.15, 0.2) is 60.7 Å². The Balaban J connectivity index is 1.43. The molecule has 1 atom stereocenters. The first-order chi connectivity index (χ1) is 15.6. The summed E-state index contributed by atoms with van der Waals surface area (Å²) in [6.07, 6.45) is 0.878. The first kappa shape index (κ1) is 20.8. The van der Waals surface area contributed by atoms with Crippen LogP contribution < -0.4 is 9.47 Å². The van der Waals surface area contributed by atoms with Gasteiger partial charge in [-0.1, -0.05) is 30.3 Å². The lowest BCUT2D eigenvalue weighted by molar-refractivity contribution is 0.176. The number of rotatable bonds is 5. The smallest absolute Gasteiger partial charge is 0.165 e. The molecule has 0 spiro atoms. The van der Waals surface area contributed by atoms with Gasteiger partial charge in [-0.25, -0.2) is 4.98 Å². The molecule has 5 nitrogen and oxygen atoms in total. The Morgan fingerprint density at radius 3 is 2.81 bits per heavy atom. The quantitative estimate of drug-likeness (QED) is 0.439. The summed E-state index contributed by atoms with van der Waals surface area (Å²) >= 11 is 1.64. The molecular weight excluding hydrogens is 420 g/mol. The summed E-state index contributed by atoms with van der Waals surface area (Å²) in [7, 11) is 1.71. The number of ether oxygens (including phenoxy) is 2. The Labute approximate surface area is 191 Å². The standard InChI is InChI=1S/C26H26N2O3S/c1-17(13-18-7-3-5-9-23(18)30-2)28-11-12-31-25-20(16-28)14-19(15-22(25)29)26-27-21-8-4-6-10-24(21)32-26/h3-10,14-15,17,29H,11-13,16H2,1-2H3. The van der Waals surface area contributed by atoms with Crippen LogP contribution >= 0.6 is 11.3 Å². The molecule has 1 aromatic heterocycles. The fourth-order valence-corrected chi connectivity index (χ4v) is 5.29. The molecule has 0 aliphatic carbocycles. The molecule has 1 aliphatic heterocycles. The predicted molar refractivity (Wildman–Crippen MR) is 129 cm³/mol. The van der Waals surface area contributed by atoms with Gasteiger partial charge in [0.2, 0.25) is 0 Å². The van der Waals surface area contributed by atoms with Crippen LogP contribution in [0.2, 0.25) is 0 Å². The van der Waals surface area contributed by atoms with Crippen molar-refractivity contribution in [1.29, 1.82) is 0 Å². The second kappa shape index (κ2) is 8.81. The molecule has 2 heterocycles. The topological polar surface area (TPSA) is 54.8 Å². The van der Waals surface area contributed by atoms with Crippen LogP contribution in [0, 0.1) is 0 Å². The van der Waals surface area contributed by atoms with E-state index in [0.717, 1.165) is 45.1 Å². The average Bonchev–Trinajstić information content (AvgIpc) is 3.12. The van der Waals surface area contributed by atoms with Crippen LogP contribution in [-0.2, 0) is 13.0 Å². The van der Waals surface area contributed by atoms with Gasteiger partial charge in [-0.2, -0.15) is 0 Å². The van der Waals surface area contributed by atoms with E-state index in [-0.39, 0.29) is 11.8 Å². The van der Waals surface area contributed by atoms with Crippen molar-refractivity contribution in [3.05, 3.63) is 71.8 Å². The number of aromatic nitrogens is 1. The second-order valence-corrected chi connectivity index (χ2v) is 9.18. The molecule has 0 fully saturated rings. The number of thiazole rings is 1. The van der Waals surface area contributed by atoms with E-state index in [1.54, 1.807) is 24.5 Å². The third-order valence-corrected chi connectivity index (χ3v) is 7.10. The van der Waals surface area contributed by atoms with Crippen molar-refractivity contribution in [1.82, 2.24) is 9.88 Å². The van der Waals surface area contributed by atoms with Crippen molar-refractivity contribution in [3.8, 4) is 27.8 Å². The number of methoxy groups -OCH3 is 1. The van der Waals surface area contributed by atoms with Crippen molar-refractivity contribution in [3.63, 3.8) is 0 Å². The normalized spacial score (nSPS) is 15.1. The van der Waals surface area contributed by atoms with Gasteiger partial charge in [0.25, 0.3) is 0 Å². The molecule has 0 bridgehead atoms. The third kappa shape index (κ3) is 4.04. The number of benzene rings is 3. The number of phenols is 1. The van der Waals surface area contributed by atoms with Crippen molar-refractivity contribution in [2.24, 2.45) is 0 Å². The molecule has 4 aromatic rings. The molecule has 0 amide bonds. The molecule has 5 rings (SSSR count). The van der Waals surface area contributed by atoms with Gasteiger partial charge in [-0.3, -0.25) is 4.90 Å². The SMILES string of the molecule is COc1ccccc1CC(C)N1CCOc2c(O)cc(-c3nc4ccccc4s3)cc2C1. The summed E-state index contributed by atoms with van der Waals surface area (Å²) < 4.78 is 12.6. The fourth-order valence-electron chi connectivity index (χ4n) is 4.33. The van der Waals surface area contributed by atoms with E-state index >= 15 is 0 Å². The van der Waals surface area contributed by atoms with Gasteiger partial charge in [0, 0.05) is 30.3 Å². The maximum Gasteiger partial charge on any atom is 0.165 e. The maximum atomic E-state index is 10.7. The van der Waals surface area contributed by atoms with Gasteiger partial charge >= 0.3 is 0 Å². The van der Waals surface area contributed by atoms with Crippen molar-refractivity contribution in [2.75, 3.05) is 20.3 Å². The minimum absolute atomic E-state index is 0.177. The molecule has 0 radical (unpaired) electrons. The fraction of sp³-hybridized carbons (Fsp3) is 0.269. The number of hydrogen-bond donors (Lipinski definition) is 1. The number of phenolic OH excluding ortho intramolecular Hbond substituents is 1. The highest BCUT2D eigenvalue weighted by atomic mass is 32.1. The number of fused-ring (bicyclic) bond motifs is 2. The van der Waals surface area contributed by atoms with Gasteiger partial charge in [-0.15, -0.1) is 11.3 Å².